The number of thioether (sulfide) groups is 1. The zero-order valence-electron chi connectivity index (χ0n) is 10.2. The topological polar surface area (TPSA) is 79.0 Å². The zero-order valence-corrected chi connectivity index (χ0v) is 11.0. The van der Waals surface area contributed by atoms with Gasteiger partial charge < -0.3 is 4.74 Å². The van der Waals surface area contributed by atoms with E-state index in [-0.39, 0.29) is 12.3 Å². The standard InChI is InChI=1S/C10H12N4O3S/c1-4-17-10(16)18-8-6-7(12-5-11-6)13(2)9(15)14(8)3/h5H,4H2,1-3H3. The smallest absolute Gasteiger partial charge is 0.373 e. The van der Waals surface area contributed by atoms with Crippen LogP contribution in [0.15, 0.2) is 16.1 Å². The van der Waals surface area contributed by atoms with Crippen LogP contribution in [0.3, 0.4) is 0 Å². The van der Waals surface area contributed by atoms with Crippen molar-refractivity contribution in [2.24, 2.45) is 14.1 Å². The molecule has 0 bridgehead atoms. The highest BCUT2D eigenvalue weighted by atomic mass is 32.2. The third kappa shape index (κ3) is 1.99. The van der Waals surface area contributed by atoms with Gasteiger partial charge in [-0.1, -0.05) is 0 Å². The summed E-state index contributed by atoms with van der Waals surface area (Å²) in [6.45, 7) is 2.01. The Bertz CT molecular complexity index is 618. The third-order valence-electron chi connectivity index (χ3n) is 2.42. The molecule has 0 amide bonds. The van der Waals surface area contributed by atoms with E-state index in [0.717, 1.165) is 11.8 Å². The molecule has 0 spiro atoms. The lowest BCUT2D eigenvalue weighted by molar-refractivity contribution is 0.181. The molecule has 2 aliphatic heterocycles. The van der Waals surface area contributed by atoms with Gasteiger partial charge in [0.15, 0.2) is 5.82 Å². The molecule has 0 radical (unpaired) electrons. The Morgan fingerprint density at radius 1 is 1.39 bits per heavy atom. The highest BCUT2D eigenvalue weighted by Gasteiger charge is 2.22. The van der Waals surface area contributed by atoms with Crippen molar-refractivity contribution in [2.75, 3.05) is 6.61 Å². The molecule has 0 aromatic heterocycles. The van der Waals surface area contributed by atoms with Crippen LogP contribution in [-0.4, -0.2) is 31.0 Å². The van der Waals surface area contributed by atoms with Crippen molar-refractivity contribution in [3.05, 3.63) is 16.8 Å². The van der Waals surface area contributed by atoms with E-state index in [9.17, 15) is 9.59 Å². The van der Waals surface area contributed by atoms with Gasteiger partial charge in [0, 0.05) is 25.9 Å². The molecule has 0 N–H and O–H groups in total. The second-order valence-corrected chi connectivity index (χ2v) is 4.46. The van der Waals surface area contributed by atoms with Crippen molar-refractivity contribution >= 4 is 17.1 Å². The molecule has 0 fully saturated rings. The number of rotatable bonds is 2. The third-order valence-corrected chi connectivity index (χ3v) is 3.36. The van der Waals surface area contributed by atoms with Crippen LogP contribution in [0.25, 0.3) is 11.5 Å². The fourth-order valence-electron chi connectivity index (χ4n) is 1.56. The maximum absolute atomic E-state index is 11.9. The molecule has 0 atom stereocenters. The summed E-state index contributed by atoms with van der Waals surface area (Å²) in [5.41, 5.74) is 0.243. The van der Waals surface area contributed by atoms with E-state index in [1.54, 1.807) is 21.0 Å². The van der Waals surface area contributed by atoms with Crippen LogP contribution in [0.4, 0.5) is 4.79 Å². The first kappa shape index (κ1) is 12.6. The number of carbonyl (C=O) groups is 1. The minimum atomic E-state index is -0.467. The SMILES string of the molecule is CCOC(=O)Sc1c2ncnc-2n(C)c(=O)n1C. The van der Waals surface area contributed by atoms with Gasteiger partial charge in [-0.05, 0) is 6.92 Å². The van der Waals surface area contributed by atoms with Crippen LogP contribution in [0.2, 0.25) is 0 Å². The molecule has 0 aromatic carbocycles. The van der Waals surface area contributed by atoms with E-state index in [1.165, 1.54) is 15.5 Å². The number of hydrogen-bond donors (Lipinski definition) is 0. The normalized spacial score (nSPS) is 10.8. The largest absolute Gasteiger partial charge is 0.458 e. The molecule has 2 rings (SSSR count). The molecule has 96 valence electrons. The number of hydrogen-bond acceptors (Lipinski definition) is 6. The van der Waals surface area contributed by atoms with Crippen LogP contribution < -0.4 is 5.69 Å². The Morgan fingerprint density at radius 2 is 2.11 bits per heavy atom. The van der Waals surface area contributed by atoms with Crippen molar-refractivity contribution in [3.63, 3.8) is 0 Å². The minimum Gasteiger partial charge on any atom is -0.458 e. The first-order chi connectivity index (χ1) is 8.56. The van der Waals surface area contributed by atoms with Gasteiger partial charge in [-0.3, -0.25) is 9.13 Å². The first-order valence-electron chi connectivity index (χ1n) is 5.27. The molecule has 8 heteroatoms. The molecule has 18 heavy (non-hydrogen) atoms. The lowest BCUT2D eigenvalue weighted by Crippen LogP contribution is -2.30. The highest BCUT2D eigenvalue weighted by molar-refractivity contribution is 8.13. The molecule has 2 aliphatic rings. The number of nitrogens with zero attached hydrogens (tertiary/aromatic N) is 4. The van der Waals surface area contributed by atoms with E-state index in [4.69, 9.17) is 4.74 Å². The van der Waals surface area contributed by atoms with Crippen molar-refractivity contribution in [3.8, 4) is 11.5 Å². The number of imidazole rings is 1. The first-order valence-corrected chi connectivity index (χ1v) is 6.09. The number of ether oxygens (including phenoxy) is 1. The lowest BCUT2D eigenvalue weighted by Gasteiger charge is -2.13. The second kappa shape index (κ2) is 4.81. The van der Waals surface area contributed by atoms with Crippen LogP contribution >= 0.6 is 11.8 Å². The van der Waals surface area contributed by atoms with Gasteiger partial charge in [0.25, 0.3) is 0 Å². The van der Waals surface area contributed by atoms with E-state index < -0.39 is 5.30 Å². The van der Waals surface area contributed by atoms with Crippen molar-refractivity contribution in [1.82, 2.24) is 19.1 Å². The Labute approximate surface area is 107 Å². The fourth-order valence-corrected chi connectivity index (χ4v) is 2.35. The van der Waals surface area contributed by atoms with Crippen LogP contribution in [0, 0.1) is 0 Å². The maximum Gasteiger partial charge on any atom is 0.373 e. The van der Waals surface area contributed by atoms with Gasteiger partial charge in [0.2, 0.25) is 0 Å². The quantitative estimate of drug-likeness (QED) is 0.457. The van der Waals surface area contributed by atoms with E-state index in [2.05, 4.69) is 9.97 Å². The van der Waals surface area contributed by atoms with Crippen molar-refractivity contribution in [2.45, 2.75) is 11.9 Å². The summed E-state index contributed by atoms with van der Waals surface area (Å²) in [5, 5.41) is -0.0327. The predicted molar refractivity (Wildman–Crippen MR) is 65.7 cm³/mol. The van der Waals surface area contributed by atoms with Crippen molar-refractivity contribution < 1.29 is 9.53 Å². The summed E-state index contributed by atoms with van der Waals surface area (Å²) < 4.78 is 7.60. The molecular weight excluding hydrogens is 256 g/mol. The molecule has 0 unspecified atom stereocenters. The Morgan fingerprint density at radius 3 is 2.78 bits per heavy atom. The van der Waals surface area contributed by atoms with Crippen LogP contribution in [0.1, 0.15) is 6.92 Å². The molecular formula is C10H12N4O3S. The van der Waals surface area contributed by atoms with Gasteiger partial charge in [0.05, 0.1) is 6.61 Å². The molecule has 0 aliphatic carbocycles. The second-order valence-electron chi connectivity index (χ2n) is 3.54. The predicted octanol–water partition coefficient (Wildman–Crippen LogP) is 0.867. The Hall–Kier alpha value is -1.83. The maximum atomic E-state index is 11.9. The molecule has 0 saturated carbocycles. The van der Waals surface area contributed by atoms with Gasteiger partial charge in [-0.2, -0.15) is 0 Å². The van der Waals surface area contributed by atoms with Gasteiger partial charge in [-0.15, -0.1) is 0 Å². The summed E-state index contributed by atoms with van der Waals surface area (Å²) >= 11 is 0.838. The Balaban J connectivity index is 2.54. The van der Waals surface area contributed by atoms with Gasteiger partial charge in [-0.25, -0.2) is 19.6 Å². The fraction of sp³-hybridized carbons (Fsp3) is 0.400. The summed E-state index contributed by atoms with van der Waals surface area (Å²) in [6, 6.07) is 0. The summed E-state index contributed by atoms with van der Waals surface area (Å²) in [6.07, 6.45) is 1.36. The Kier molecular flexibility index (Phi) is 3.37. The van der Waals surface area contributed by atoms with E-state index in [0.29, 0.717) is 16.5 Å². The van der Waals surface area contributed by atoms with Crippen LogP contribution in [-0.2, 0) is 18.8 Å². The van der Waals surface area contributed by atoms with E-state index in [1.807, 2.05) is 0 Å². The summed E-state index contributed by atoms with van der Waals surface area (Å²) in [5.74, 6) is 0.449. The molecule has 7 nitrogen and oxygen atoms in total. The highest BCUT2D eigenvalue weighted by Crippen LogP contribution is 2.28. The van der Waals surface area contributed by atoms with E-state index >= 15 is 0 Å². The number of aromatic nitrogens is 4. The molecule has 2 heterocycles. The monoisotopic (exact) mass is 268 g/mol. The van der Waals surface area contributed by atoms with Crippen molar-refractivity contribution in [1.29, 1.82) is 0 Å². The zero-order chi connectivity index (χ0) is 13.3. The molecule has 0 aromatic rings. The number of carbonyl (C=O) groups excluding carboxylic acids is 1. The average molecular weight is 268 g/mol. The average Bonchev–Trinajstić information content (AvgIpc) is 2.81. The number of fused-ring (bicyclic) bond motifs is 1. The molecule has 0 saturated heterocycles. The summed E-state index contributed by atoms with van der Waals surface area (Å²) in [4.78, 5) is 31.5. The minimum absolute atomic E-state index is 0.269. The van der Waals surface area contributed by atoms with Crippen LogP contribution in [0.5, 0.6) is 0 Å². The van der Waals surface area contributed by atoms with Gasteiger partial charge >= 0.3 is 11.0 Å². The summed E-state index contributed by atoms with van der Waals surface area (Å²) in [7, 11) is 3.19. The van der Waals surface area contributed by atoms with Gasteiger partial charge in [0.1, 0.15) is 17.0 Å². The lowest BCUT2D eigenvalue weighted by atomic mass is 10.4.